The molecular weight excluding hydrogens is 373 g/mol. The Morgan fingerprint density at radius 2 is 1.57 bits per heavy atom. The van der Waals surface area contributed by atoms with Crippen molar-refractivity contribution >= 4 is 22.8 Å². The number of hydrogen-bond acceptors (Lipinski definition) is 7. The molecule has 2 saturated heterocycles. The molecule has 3 aromatic rings. The lowest BCUT2D eigenvalue weighted by Gasteiger charge is -2.23. The zero-order chi connectivity index (χ0) is 19.5. The lowest BCUT2D eigenvalue weighted by atomic mass is 10.0. The van der Waals surface area contributed by atoms with Crippen LogP contribution >= 0.6 is 0 Å². The van der Waals surface area contributed by atoms with E-state index in [2.05, 4.69) is 29.8 Å². The molecule has 0 radical (unpaired) electrons. The Kier molecular flexibility index (Phi) is 3.68. The molecule has 0 aromatic carbocycles. The van der Waals surface area contributed by atoms with Gasteiger partial charge in [-0.3, -0.25) is 0 Å². The summed E-state index contributed by atoms with van der Waals surface area (Å²) in [6.45, 7) is 2.87. The summed E-state index contributed by atoms with van der Waals surface area (Å²) < 4.78 is 40.6. The smallest absolute Gasteiger partial charge is 0.356 e. The van der Waals surface area contributed by atoms with Crippen LogP contribution in [0.15, 0.2) is 25.0 Å². The molecule has 2 unspecified atom stereocenters. The first-order valence-electron chi connectivity index (χ1n) is 8.91. The second kappa shape index (κ2) is 6.01. The van der Waals surface area contributed by atoms with Crippen LogP contribution in [0, 0.1) is 11.8 Å². The van der Waals surface area contributed by atoms with Crippen molar-refractivity contribution in [3.63, 3.8) is 0 Å². The molecule has 0 spiro atoms. The van der Waals surface area contributed by atoms with E-state index in [9.17, 15) is 13.2 Å². The topological polar surface area (TPSA) is 75.9 Å². The van der Waals surface area contributed by atoms with Gasteiger partial charge in [0.1, 0.15) is 24.2 Å². The summed E-state index contributed by atoms with van der Waals surface area (Å²) in [5, 5.41) is 0. The molecule has 0 aliphatic carbocycles. The van der Waals surface area contributed by atoms with Gasteiger partial charge in [-0.25, -0.2) is 24.9 Å². The highest BCUT2D eigenvalue weighted by molar-refractivity contribution is 5.83. The summed E-state index contributed by atoms with van der Waals surface area (Å²) in [5.41, 5.74) is 0.645. The van der Waals surface area contributed by atoms with Crippen LogP contribution in [-0.4, -0.2) is 55.7 Å². The molecule has 28 heavy (non-hydrogen) atoms. The summed E-state index contributed by atoms with van der Waals surface area (Å²) in [6, 6.07) is 1.03. The average Bonchev–Trinajstić information content (AvgIpc) is 3.34. The molecule has 0 amide bonds. The zero-order valence-electron chi connectivity index (χ0n) is 15.0. The van der Waals surface area contributed by atoms with Gasteiger partial charge in [-0.2, -0.15) is 13.2 Å². The van der Waals surface area contributed by atoms with Crippen LogP contribution in [0.25, 0.3) is 11.2 Å². The van der Waals surface area contributed by atoms with E-state index in [1.807, 2.05) is 16.5 Å². The van der Waals surface area contributed by atoms with Gasteiger partial charge < -0.3 is 14.4 Å². The van der Waals surface area contributed by atoms with E-state index in [0.717, 1.165) is 42.5 Å². The third kappa shape index (κ3) is 2.72. The van der Waals surface area contributed by atoms with E-state index in [1.54, 1.807) is 12.7 Å². The molecule has 5 rings (SSSR count). The molecule has 146 valence electrons. The van der Waals surface area contributed by atoms with Gasteiger partial charge in [0, 0.05) is 51.1 Å². The number of anilines is 2. The van der Waals surface area contributed by atoms with E-state index < -0.39 is 11.9 Å². The Hall–Kier alpha value is -2.98. The first kappa shape index (κ1) is 17.1. The van der Waals surface area contributed by atoms with Gasteiger partial charge >= 0.3 is 6.18 Å². The van der Waals surface area contributed by atoms with Crippen LogP contribution in [0.1, 0.15) is 5.69 Å². The molecule has 8 nitrogen and oxygen atoms in total. The molecule has 2 aliphatic rings. The maximum absolute atomic E-state index is 12.9. The average molecular weight is 390 g/mol. The van der Waals surface area contributed by atoms with Gasteiger partial charge in [0.05, 0.1) is 6.33 Å². The number of fused-ring (bicyclic) bond motifs is 2. The first-order valence-corrected chi connectivity index (χ1v) is 8.91. The van der Waals surface area contributed by atoms with Crippen molar-refractivity contribution in [1.82, 2.24) is 29.5 Å². The highest BCUT2D eigenvalue weighted by atomic mass is 19.4. The Morgan fingerprint density at radius 3 is 2.29 bits per heavy atom. The number of rotatable bonds is 2. The quantitative estimate of drug-likeness (QED) is 0.660. The molecule has 5 heterocycles. The minimum atomic E-state index is -4.47. The minimum Gasteiger partial charge on any atom is -0.356 e. The van der Waals surface area contributed by atoms with E-state index in [1.165, 1.54) is 0 Å². The predicted octanol–water partition coefficient (Wildman–Crippen LogP) is 1.74. The van der Waals surface area contributed by atoms with Gasteiger partial charge in [0.25, 0.3) is 0 Å². The van der Waals surface area contributed by atoms with Crippen LogP contribution in [0.4, 0.5) is 24.8 Å². The van der Waals surface area contributed by atoms with Gasteiger partial charge in [-0.1, -0.05) is 0 Å². The largest absolute Gasteiger partial charge is 0.433 e. The van der Waals surface area contributed by atoms with Crippen molar-refractivity contribution in [1.29, 1.82) is 0 Å². The minimum absolute atomic E-state index is 0.331. The highest BCUT2D eigenvalue weighted by Crippen LogP contribution is 2.37. The van der Waals surface area contributed by atoms with Crippen molar-refractivity contribution in [2.45, 2.75) is 6.18 Å². The SMILES string of the molecule is Cn1cnc2c(N3CC4CN(c5cc(C(F)(F)F)ncn5)CC4C3)ncnc21. The standard InChI is InChI=1S/C17H17F3N8/c1-26-9-25-14-15(26)23-8-24-16(14)28-5-10-3-27(4-11(10)6-28)13-2-12(17(18,19)20)21-7-22-13/h2,7-11H,3-6H2,1H3. The van der Waals surface area contributed by atoms with Crippen molar-refractivity contribution in [2.24, 2.45) is 18.9 Å². The molecule has 2 atom stereocenters. The maximum Gasteiger partial charge on any atom is 0.433 e. The predicted molar refractivity (Wildman–Crippen MR) is 94.7 cm³/mol. The number of alkyl halides is 3. The van der Waals surface area contributed by atoms with E-state index in [-0.39, 0.29) is 0 Å². The van der Waals surface area contributed by atoms with Gasteiger partial charge in [-0.15, -0.1) is 0 Å². The number of aryl methyl sites for hydroxylation is 1. The van der Waals surface area contributed by atoms with Crippen molar-refractivity contribution in [3.8, 4) is 0 Å². The van der Waals surface area contributed by atoms with Crippen LogP contribution in [0.3, 0.4) is 0 Å². The Balaban J connectivity index is 1.34. The fourth-order valence-electron chi connectivity index (χ4n) is 4.19. The maximum atomic E-state index is 12.9. The van der Waals surface area contributed by atoms with Crippen molar-refractivity contribution in [3.05, 3.63) is 30.7 Å². The number of hydrogen-bond donors (Lipinski definition) is 0. The summed E-state index contributed by atoms with van der Waals surface area (Å²) in [4.78, 5) is 24.6. The molecule has 2 aliphatic heterocycles. The van der Waals surface area contributed by atoms with E-state index in [0.29, 0.717) is 30.7 Å². The number of halogens is 3. The van der Waals surface area contributed by atoms with Gasteiger partial charge in [-0.05, 0) is 0 Å². The van der Waals surface area contributed by atoms with Crippen LogP contribution < -0.4 is 9.80 Å². The van der Waals surface area contributed by atoms with Gasteiger partial charge in [0.15, 0.2) is 17.0 Å². The van der Waals surface area contributed by atoms with E-state index >= 15 is 0 Å². The van der Waals surface area contributed by atoms with Crippen LogP contribution in [0.5, 0.6) is 0 Å². The lowest BCUT2D eigenvalue weighted by Crippen LogP contribution is -2.30. The third-order valence-corrected chi connectivity index (χ3v) is 5.53. The zero-order valence-corrected chi connectivity index (χ0v) is 15.0. The molecule has 0 N–H and O–H groups in total. The second-order valence-electron chi connectivity index (χ2n) is 7.31. The fraction of sp³-hybridized carbons (Fsp3) is 0.471. The molecule has 0 saturated carbocycles. The first-order chi connectivity index (χ1) is 13.4. The number of imidazole rings is 1. The van der Waals surface area contributed by atoms with Gasteiger partial charge in [0.2, 0.25) is 0 Å². The number of aromatic nitrogens is 6. The van der Waals surface area contributed by atoms with E-state index in [4.69, 9.17) is 0 Å². The Labute approximate surface area is 158 Å². The fourth-order valence-corrected chi connectivity index (χ4v) is 4.19. The molecule has 2 fully saturated rings. The van der Waals surface area contributed by atoms with Crippen LogP contribution in [0.2, 0.25) is 0 Å². The molecular formula is C17H17F3N8. The molecule has 3 aromatic heterocycles. The summed E-state index contributed by atoms with van der Waals surface area (Å²) in [5.74, 6) is 1.81. The summed E-state index contributed by atoms with van der Waals surface area (Å²) in [7, 11) is 1.89. The number of nitrogens with zero attached hydrogens (tertiary/aromatic N) is 8. The lowest BCUT2D eigenvalue weighted by molar-refractivity contribution is -0.141. The van der Waals surface area contributed by atoms with Crippen molar-refractivity contribution in [2.75, 3.05) is 36.0 Å². The third-order valence-electron chi connectivity index (χ3n) is 5.53. The normalized spacial score (nSPS) is 22.3. The Bertz CT molecular complexity index is 1020. The molecule has 11 heteroatoms. The van der Waals surface area contributed by atoms with Crippen LogP contribution in [-0.2, 0) is 13.2 Å². The Morgan fingerprint density at radius 1 is 0.893 bits per heavy atom. The summed E-state index contributed by atoms with van der Waals surface area (Å²) in [6.07, 6.45) is -0.226. The summed E-state index contributed by atoms with van der Waals surface area (Å²) >= 11 is 0. The van der Waals surface area contributed by atoms with Crippen molar-refractivity contribution < 1.29 is 13.2 Å². The molecule has 0 bridgehead atoms. The highest BCUT2D eigenvalue weighted by Gasteiger charge is 2.42. The second-order valence-corrected chi connectivity index (χ2v) is 7.31. The monoisotopic (exact) mass is 390 g/mol.